The highest BCUT2D eigenvalue weighted by atomic mass is 32.2. The van der Waals surface area contributed by atoms with Crippen molar-refractivity contribution in [2.75, 3.05) is 32.1 Å². The highest BCUT2D eigenvalue weighted by molar-refractivity contribution is 7.89. The lowest BCUT2D eigenvalue weighted by Gasteiger charge is -2.21. The van der Waals surface area contributed by atoms with Crippen LogP contribution in [0.25, 0.3) is 0 Å². The Hall–Kier alpha value is -2.58. The fraction of sp³-hybridized carbons (Fsp3) is 0.316. The Morgan fingerprint density at radius 2 is 1.67 bits per heavy atom. The number of carbonyl (C=O) groups excluding carboxylic acids is 1. The second kappa shape index (κ2) is 7.58. The Morgan fingerprint density at radius 3 is 2.33 bits per heavy atom. The molecule has 0 bridgehead atoms. The first-order valence-corrected chi connectivity index (χ1v) is 9.94. The maximum Gasteiger partial charge on any atom is 0.243 e. The fourth-order valence-corrected chi connectivity index (χ4v) is 4.04. The second-order valence-corrected chi connectivity index (χ2v) is 8.54. The average Bonchev–Trinajstić information content (AvgIpc) is 2.60. The van der Waals surface area contributed by atoms with Crippen LogP contribution in [-0.2, 0) is 14.8 Å². The predicted molar refractivity (Wildman–Crippen MR) is 102 cm³/mol. The van der Waals surface area contributed by atoms with Gasteiger partial charge in [-0.25, -0.2) is 8.42 Å². The van der Waals surface area contributed by atoms with Crippen LogP contribution in [0.3, 0.4) is 0 Å². The molecule has 1 N–H and O–H groups in total. The van der Waals surface area contributed by atoms with Gasteiger partial charge in [-0.3, -0.25) is 4.79 Å². The number of nitrogens with zero attached hydrogens (tertiary/aromatic N) is 1. The zero-order chi connectivity index (χ0) is 19.6. The molecule has 1 amide bonds. The van der Waals surface area contributed by atoms with Gasteiger partial charge in [0.2, 0.25) is 15.9 Å². The molecule has 0 spiro atoms. The SMILES string of the molecule is Cc1cc(C)cc(NC(=O)CN(C)S(=O)(=O)c2ccc3c(c2)OCCO3)c1. The summed E-state index contributed by atoms with van der Waals surface area (Å²) in [5.41, 5.74) is 2.67. The standard InChI is InChI=1S/C19H22N2O5S/c1-13-8-14(2)10-15(9-13)20-19(22)12-21(3)27(23,24)16-4-5-17-18(11-16)26-7-6-25-17/h4-5,8-11H,6-7,12H2,1-3H3,(H,20,22). The van der Waals surface area contributed by atoms with Gasteiger partial charge in [-0.05, 0) is 49.2 Å². The first-order chi connectivity index (χ1) is 12.8. The number of rotatable bonds is 5. The van der Waals surface area contributed by atoms with Crippen LogP contribution >= 0.6 is 0 Å². The van der Waals surface area contributed by atoms with E-state index in [1.54, 1.807) is 6.07 Å². The Balaban J connectivity index is 1.72. The van der Waals surface area contributed by atoms with Gasteiger partial charge in [0, 0.05) is 18.8 Å². The highest BCUT2D eigenvalue weighted by Gasteiger charge is 2.25. The van der Waals surface area contributed by atoms with Gasteiger partial charge in [0.1, 0.15) is 13.2 Å². The lowest BCUT2D eigenvalue weighted by molar-refractivity contribution is -0.116. The van der Waals surface area contributed by atoms with Crippen molar-refractivity contribution in [3.8, 4) is 11.5 Å². The Labute approximate surface area is 158 Å². The minimum Gasteiger partial charge on any atom is -0.486 e. The molecule has 3 rings (SSSR count). The molecule has 144 valence electrons. The van der Waals surface area contributed by atoms with Crippen LogP contribution < -0.4 is 14.8 Å². The summed E-state index contributed by atoms with van der Waals surface area (Å²) in [5.74, 6) is 0.481. The van der Waals surface area contributed by atoms with Gasteiger partial charge < -0.3 is 14.8 Å². The third-order valence-corrected chi connectivity index (χ3v) is 5.89. The summed E-state index contributed by atoms with van der Waals surface area (Å²) in [6.45, 7) is 4.36. The number of carbonyl (C=O) groups is 1. The largest absolute Gasteiger partial charge is 0.486 e. The summed E-state index contributed by atoms with van der Waals surface area (Å²) >= 11 is 0. The van der Waals surface area contributed by atoms with Crippen molar-refractivity contribution in [2.45, 2.75) is 18.7 Å². The van der Waals surface area contributed by atoms with Crippen molar-refractivity contribution >= 4 is 21.6 Å². The molecule has 0 unspecified atom stereocenters. The van der Waals surface area contributed by atoms with Crippen LogP contribution in [0, 0.1) is 13.8 Å². The van der Waals surface area contributed by atoms with Crippen LogP contribution in [0.2, 0.25) is 0 Å². The summed E-state index contributed by atoms with van der Waals surface area (Å²) < 4.78 is 37.4. The zero-order valence-corrected chi connectivity index (χ0v) is 16.3. The van der Waals surface area contributed by atoms with Gasteiger partial charge >= 0.3 is 0 Å². The van der Waals surface area contributed by atoms with Gasteiger partial charge in [-0.1, -0.05) is 6.07 Å². The fourth-order valence-electron chi connectivity index (χ4n) is 2.90. The first-order valence-electron chi connectivity index (χ1n) is 8.50. The van der Waals surface area contributed by atoms with Crippen LogP contribution in [0.5, 0.6) is 11.5 Å². The molecule has 0 radical (unpaired) electrons. The molecular weight excluding hydrogens is 368 g/mol. The number of amides is 1. The van der Waals surface area contributed by atoms with E-state index in [1.807, 2.05) is 32.0 Å². The lowest BCUT2D eigenvalue weighted by atomic mass is 10.1. The van der Waals surface area contributed by atoms with Crippen molar-refractivity contribution in [2.24, 2.45) is 0 Å². The van der Waals surface area contributed by atoms with E-state index in [-0.39, 0.29) is 11.4 Å². The van der Waals surface area contributed by atoms with Crippen molar-refractivity contribution in [1.82, 2.24) is 4.31 Å². The van der Waals surface area contributed by atoms with Crippen LogP contribution in [0.1, 0.15) is 11.1 Å². The van der Waals surface area contributed by atoms with Gasteiger partial charge in [0.15, 0.2) is 11.5 Å². The third-order valence-electron chi connectivity index (χ3n) is 4.09. The predicted octanol–water partition coefficient (Wildman–Crippen LogP) is 2.33. The van der Waals surface area contributed by atoms with E-state index in [0.717, 1.165) is 15.4 Å². The number of sulfonamides is 1. The summed E-state index contributed by atoms with van der Waals surface area (Å²) in [7, 11) is -2.47. The molecule has 2 aromatic carbocycles. The molecule has 1 heterocycles. The molecule has 7 nitrogen and oxygen atoms in total. The first kappa shape index (κ1) is 19.2. The van der Waals surface area contributed by atoms with Crippen LogP contribution in [0.15, 0.2) is 41.3 Å². The van der Waals surface area contributed by atoms with Gasteiger partial charge in [-0.15, -0.1) is 0 Å². The molecule has 1 aliphatic heterocycles. The van der Waals surface area contributed by atoms with Crippen molar-refractivity contribution < 1.29 is 22.7 Å². The minimum atomic E-state index is -3.84. The molecule has 0 aromatic heterocycles. The van der Waals surface area contributed by atoms with E-state index in [9.17, 15) is 13.2 Å². The Bertz CT molecular complexity index is 952. The van der Waals surface area contributed by atoms with Crippen molar-refractivity contribution in [3.63, 3.8) is 0 Å². The van der Waals surface area contributed by atoms with E-state index in [0.29, 0.717) is 30.4 Å². The van der Waals surface area contributed by atoms with E-state index < -0.39 is 15.9 Å². The van der Waals surface area contributed by atoms with E-state index >= 15 is 0 Å². The number of likely N-dealkylation sites (N-methyl/N-ethyl adjacent to an activating group) is 1. The van der Waals surface area contributed by atoms with E-state index in [1.165, 1.54) is 19.2 Å². The topological polar surface area (TPSA) is 84.9 Å². The number of hydrogen-bond acceptors (Lipinski definition) is 5. The van der Waals surface area contributed by atoms with Crippen LogP contribution in [-0.4, -0.2) is 45.4 Å². The average molecular weight is 390 g/mol. The number of anilines is 1. The molecule has 0 fully saturated rings. The number of nitrogens with one attached hydrogen (secondary N) is 1. The zero-order valence-electron chi connectivity index (χ0n) is 15.5. The van der Waals surface area contributed by atoms with Gasteiger partial charge in [0.05, 0.1) is 11.4 Å². The number of aryl methyl sites for hydroxylation is 2. The minimum absolute atomic E-state index is 0.0495. The Kier molecular flexibility index (Phi) is 5.38. The summed E-state index contributed by atoms with van der Waals surface area (Å²) in [4.78, 5) is 12.3. The van der Waals surface area contributed by atoms with Gasteiger partial charge in [0.25, 0.3) is 0 Å². The Morgan fingerprint density at radius 1 is 1.04 bits per heavy atom. The maximum absolute atomic E-state index is 12.8. The molecule has 2 aromatic rings. The summed E-state index contributed by atoms with van der Waals surface area (Å²) in [6.07, 6.45) is 0. The third kappa shape index (κ3) is 4.40. The van der Waals surface area contributed by atoms with E-state index in [4.69, 9.17) is 9.47 Å². The number of ether oxygens (including phenoxy) is 2. The summed E-state index contributed by atoms with van der Waals surface area (Å²) in [5, 5.41) is 2.74. The smallest absolute Gasteiger partial charge is 0.243 e. The lowest BCUT2D eigenvalue weighted by Crippen LogP contribution is -2.35. The van der Waals surface area contributed by atoms with E-state index in [2.05, 4.69) is 5.32 Å². The normalized spacial score (nSPS) is 13.5. The molecule has 0 saturated carbocycles. The molecule has 1 aliphatic rings. The maximum atomic E-state index is 12.8. The van der Waals surface area contributed by atoms with Crippen LogP contribution in [0.4, 0.5) is 5.69 Å². The van der Waals surface area contributed by atoms with Gasteiger partial charge in [-0.2, -0.15) is 4.31 Å². The molecule has 8 heteroatoms. The highest BCUT2D eigenvalue weighted by Crippen LogP contribution is 2.32. The number of benzene rings is 2. The van der Waals surface area contributed by atoms with Crippen molar-refractivity contribution in [3.05, 3.63) is 47.5 Å². The number of fused-ring (bicyclic) bond motifs is 1. The molecule has 0 saturated heterocycles. The molecule has 0 aliphatic carbocycles. The molecule has 27 heavy (non-hydrogen) atoms. The summed E-state index contributed by atoms with van der Waals surface area (Å²) in [6, 6.07) is 10.1. The molecule has 0 atom stereocenters. The number of hydrogen-bond donors (Lipinski definition) is 1. The monoisotopic (exact) mass is 390 g/mol. The quantitative estimate of drug-likeness (QED) is 0.847. The second-order valence-electron chi connectivity index (χ2n) is 6.49. The van der Waals surface area contributed by atoms with Crippen molar-refractivity contribution in [1.29, 1.82) is 0 Å². The molecular formula is C19H22N2O5S.